The smallest absolute Gasteiger partial charge is 0.459 e. The van der Waals surface area contributed by atoms with Crippen molar-refractivity contribution >= 4 is 25.1 Å². The highest BCUT2D eigenvalue weighted by molar-refractivity contribution is 7.52. The number of benzene rings is 1. The molecule has 0 radical (unpaired) electrons. The number of carbonyl (C=O) groups is 1. The molecule has 252 valence electrons. The number of nitrogens with two attached hydrogens (primary N) is 1. The number of carbonyl (C=O) groups excluding carboxylic acids is 1. The normalized spacial score (nSPS) is 25.6. The minimum absolute atomic E-state index is 0.221. The van der Waals surface area contributed by atoms with Crippen LogP contribution in [0.25, 0.3) is 5.52 Å². The number of nitrogen functional groups attached to an aromatic ring is 1. The van der Waals surface area contributed by atoms with E-state index in [0.717, 1.165) is 19.3 Å². The third-order valence-electron chi connectivity index (χ3n) is 8.60. The summed E-state index contributed by atoms with van der Waals surface area (Å²) in [6, 6.07) is 10.6. The molecule has 1 aliphatic carbocycles. The summed E-state index contributed by atoms with van der Waals surface area (Å²) in [6.07, 6.45) is 8.27. The average Bonchev–Trinajstić information content (AvgIpc) is 3.29. The maximum atomic E-state index is 14.1. The zero-order chi connectivity index (χ0) is 32.7. The highest BCUT2D eigenvalue weighted by atomic mass is 31.2. The van der Waals surface area contributed by atoms with E-state index in [4.69, 9.17) is 24.3 Å². The number of aliphatic hydroxyl groups excluding tert-OH is 1. The molecule has 5 N–H and O–H groups in total. The molecule has 1 aliphatic heterocycles. The van der Waals surface area contributed by atoms with Gasteiger partial charge in [-0.05, 0) is 37.6 Å². The second-order valence-corrected chi connectivity index (χ2v) is 13.8. The van der Waals surface area contributed by atoms with Crippen molar-refractivity contribution in [3.8, 4) is 5.75 Å². The van der Waals surface area contributed by atoms with Gasteiger partial charge in [0.25, 0.3) is 0 Å². The lowest BCUT2D eigenvalue weighted by Crippen LogP contribution is -2.38. The third-order valence-corrected chi connectivity index (χ3v) is 10.3. The summed E-state index contributed by atoms with van der Waals surface area (Å²) in [5, 5.41) is 29.3. The molecule has 3 heterocycles. The fourth-order valence-electron chi connectivity index (χ4n) is 5.91. The molecule has 1 aromatic carbocycles. The van der Waals surface area contributed by atoms with E-state index in [1.165, 1.54) is 62.7 Å². The number of ether oxygens (including phenoxy) is 2. The number of fused-ring (bicyclic) bond motifs is 2. The molecule has 14 heteroatoms. The van der Waals surface area contributed by atoms with Crippen molar-refractivity contribution in [3.05, 3.63) is 54.5 Å². The van der Waals surface area contributed by atoms with E-state index in [-0.39, 0.29) is 18.2 Å². The minimum Gasteiger partial charge on any atom is -0.465 e. The Labute approximate surface area is 269 Å². The molecule has 7 atom stereocenters. The summed E-state index contributed by atoms with van der Waals surface area (Å²) >= 11 is 0. The van der Waals surface area contributed by atoms with Gasteiger partial charge in [0.05, 0.1) is 12.3 Å². The van der Waals surface area contributed by atoms with Gasteiger partial charge in [0.2, 0.25) is 0 Å². The van der Waals surface area contributed by atoms with E-state index >= 15 is 0 Å². The van der Waals surface area contributed by atoms with Crippen LogP contribution in [-0.2, 0) is 23.4 Å². The number of hydrogen-bond acceptors (Lipinski definition) is 11. The molecule has 2 aromatic heterocycles. The molecule has 3 aromatic rings. The molecular weight excluding hydrogens is 613 g/mol. The molecule has 0 amide bonds. The standard InChI is InChI=1S/C32H46N5O8P/c1-3-4-5-6-7-8-9-10-11-15-20-42-31(39)22(2)36-46(41,44-23-16-13-12-14-17-23)45-29-28-32(29,40)27(38)26(43-28)24-18-19-25-30(33)34-21-35-37(24)25/h12-14,16-19,21-22,26-29,38,40H,3-11,15,20H2,1-2H3,(H,36,41)(H2,33,34,35)/t22-,26-,27-,28+,29?,32-,46?/m0/s1. The topological polar surface area (TPSA) is 180 Å². The zero-order valence-corrected chi connectivity index (χ0v) is 27.4. The van der Waals surface area contributed by atoms with Gasteiger partial charge in [-0.3, -0.25) is 9.32 Å². The summed E-state index contributed by atoms with van der Waals surface area (Å²) in [5.41, 5.74) is 5.01. The van der Waals surface area contributed by atoms with Crippen molar-refractivity contribution in [3.63, 3.8) is 0 Å². The number of unbranched alkanes of at least 4 members (excludes halogenated alkanes) is 9. The summed E-state index contributed by atoms with van der Waals surface area (Å²) < 4.78 is 38.5. The third kappa shape index (κ3) is 7.73. The predicted octanol–water partition coefficient (Wildman–Crippen LogP) is 4.87. The molecule has 0 bridgehead atoms. The Morgan fingerprint density at radius 2 is 1.76 bits per heavy atom. The summed E-state index contributed by atoms with van der Waals surface area (Å²) in [5.74, 6) is -0.137. The first-order chi connectivity index (χ1) is 22.2. The van der Waals surface area contributed by atoms with E-state index in [1.54, 1.807) is 42.5 Å². The molecule has 13 nitrogen and oxygen atoms in total. The predicted molar refractivity (Wildman–Crippen MR) is 171 cm³/mol. The highest BCUT2D eigenvalue weighted by Crippen LogP contribution is 2.61. The number of hydrogen-bond donors (Lipinski definition) is 4. The Balaban J connectivity index is 1.14. The van der Waals surface area contributed by atoms with Gasteiger partial charge in [0, 0.05) is 0 Å². The molecule has 2 aliphatic rings. The van der Waals surface area contributed by atoms with Crippen LogP contribution in [0.2, 0.25) is 0 Å². The average molecular weight is 660 g/mol. The number of para-hydroxylation sites is 1. The highest BCUT2D eigenvalue weighted by Gasteiger charge is 2.79. The number of nitrogens with one attached hydrogen (secondary N) is 1. The van der Waals surface area contributed by atoms with Crippen LogP contribution in [0.4, 0.5) is 5.82 Å². The first kappa shape index (κ1) is 34.3. The number of rotatable bonds is 19. The molecule has 2 unspecified atom stereocenters. The van der Waals surface area contributed by atoms with Crippen LogP contribution >= 0.6 is 7.75 Å². The van der Waals surface area contributed by atoms with Crippen molar-refractivity contribution in [2.45, 2.75) is 114 Å². The van der Waals surface area contributed by atoms with Crippen LogP contribution in [0, 0.1) is 0 Å². The number of nitrogens with zero attached hydrogens (tertiary/aromatic N) is 3. The summed E-state index contributed by atoms with van der Waals surface area (Å²) in [7, 11) is -4.31. The first-order valence-corrected chi connectivity index (χ1v) is 17.8. The molecule has 46 heavy (non-hydrogen) atoms. The van der Waals surface area contributed by atoms with Crippen molar-refractivity contribution < 1.29 is 38.1 Å². The van der Waals surface area contributed by atoms with Crippen molar-refractivity contribution in [1.82, 2.24) is 19.7 Å². The number of aliphatic hydroxyl groups is 2. The van der Waals surface area contributed by atoms with E-state index < -0.39 is 49.8 Å². The zero-order valence-electron chi connectivity index (χ0n) is 26.5. The molecule has 2 fully saturated rings. The number of esters is 1. The molecule has 1 saturated heterocycles. The second kappa shape index (κ2) is 15.2. The lowest BCUT2D eigenvalue weighted by molar-refractivity contribution is -0.145. The van der Waals surface area contributed by atoms with Gasteiger partial charge in [0.15, 0.2) is 11.4 Å². The monoisotopic (exact) mass is 659 g/mol. The SMILES string of the molecule is CCCCCCCCCCCCOC(=O)[C@H](C)NP(=O)(Oc1ccccc1)OC1[C@H]2O[C@@H](c3ccc4c(N)ncnn34)[C@H](O)[C@@]12O. The quantitative estimate of drug-likeness (QED) is 0.0780. The van der Waals surface area contributed by atoms with Crippen LogP contribution in [0.1, 0.15) is 89.9 Å². The van der Waals surface area contributed by atoms with Gasteiger partial charge in [0.1, 0.15) is 48.1 Å². The Morgan fingerprint density at radius 1 is 1.09 bits per heavy atom. The van der Waals surface area contributed by atoms with Crippen LogP contribution < -0.4 is 15.3 Å². The largest absolute Gasteiger partial charge is 0.465 e. The molecule has 0 spiro atoms. The van der Waals surface area contributed by atoms with Crippen molar-refractivity contribution in [2.75, 3.05) is 12.3 Å². The van der Waals surface area contributed by atoms with Gasteiger partial charge in [-0.2, -0.15) is 10.2 Å². The van der Waals surface area contributed by atoms with E-state index in [2.05, 4.69) is 22.1 Å². The Kier molecular flexibility index (Phi) is 11.3. The number of aromatic nitrogens is 3. The van der Waals surface area contributed by atoms with Crippen molar-refractivity contribution in [1.29, 1.82) is 0 Å². The Morgan fingerprint density at radius 3 is 2.41 bits per heavy atom. The minimum atomic E-state index is -4.31. The van der Waals surface area contributed by atoms with E-state index in [1.807, 2.05) is 0 Å². The van der Waals surface area contributed by atoms with Crippen molar-refractivity contribution in [2.24, 2.45) is 0 Å². The van der Waals surface area contributed by atoms with Gasteiger partial charge in [-0.1, -0.05) is 82.9 Å². The van der Waals surface area contributed by atoms with Crippen LogP contribution in [0.5, 0.6) is 5.75 Å². The second-order valence-electron chi connectivity index (χ2n) is 12.1. The summed E-state index contributed by atoms with van der Waals surface area (Å²) in [6.45, 7) is 3.97. The lowest BCUT2D eigenvalue weighted by Gasteiger charge is -2.26. The van der Waals surface area contributed by atoms with Gasteiger partial charge in [-0.15, -0.1) is 0 Å². The van der Waals surface area contributed by atoms with Crippen LogP contribution in [-0.4, -0.2) is 67.3 Å². The molecule has 5 rings (SSSR count). The van der Waals surface area contributed by atoms with Crippen LogP contribution in [0.15, 0.2) is 48.8 Å². The Bertz CT molecular complexity index is 1490. The fourth-order valence-corrected chi connectivity index (χ4v) is 7.62. The van der Waals surface area contributed by atoms with Crippen LogP contribution in [0.3, 0.4) is 0 Å². The fraction of sp³-hybridized carbons (Fsp3) is 0.594. The van der Waals surface area contributed by atoms with E-state index in [9.17, 15) is 19.6 Å². The van der Waals surface area contributed by atoms with Gasteiger partial charge >= 0.3 is 13.7 Å². The first-order valence-electron chi connectivity index (χ1n) is 16.3. The number of anilines is 1. The molecule has 1 saturated carbocycles. The Hall–Kier alpha value is -3.06. The van der Waals surface area contributed by atoms with Gasteiger partial charge < -0.3 is 29.9 Å². The maximum absolute atomic E-state index is 14.1. The summed E-state index contributed by atoms with van der Waals surface area (Å²) in [4.78, 5) is 16.8. The lowest BCUT2D eigenvalue weighted by atomic mass is 10.1. The van der Waals surface area contributed by atoms with E-state index in [0.29, 0.717) is 11.2 Å². The molecular formula is C32H46N5O8P. The van der Waals surface area contributed by atoms with Gasteiger partial charge in [-0.25, -0.2) is 14.1 Å². The maximum Gasteiger partial charge on any atom is 0.459 e.